The molecule has 0 bridgehead atoms. The van der Waals surface area contributed by atoms with Gasteiger partial charge in [0.05, 0.1) is 0 Å². The van der Waals surface area contributed by atoms with E-state index in [1.807, 2.05) is 55.4 Å². The highest BCUT2D eigenvalue weighted by Crippen LogP contribution is 2.39. The Bertz CT molecular complexity index is 838. The molecule has 0 atom stereocenters. The Morgan fingerprint density at radius 2 is 1.06 bits per heavy atom. The fraction of sp³-hybridized carbons (Fsp3) is 0.826. The van der Waals surface area contributed by atoms with E-state index in [0.29, 0.717) is 37.6 Å². The predicted octanol–water partition coefficient (Wildman–Crippen LogP) is 3.01. The number of hydroxylamine groups is 4. The van der Waals surface area contributed by atoms with Crippen LogP contribution >= 0.6 is 0 Å². The molecule has 2 aliphatic rings. The van der Waals surface area contributed by atoms with E-state index in [1.54, 1.807) is 0 Å². The van der Waals surface area contributed by atoms with E-state index in [4.69, 9.17) is 5.11 Å². The second-order valence-corrected chi connectivity index (χ2v) is 12.4. The van der Waals surface area contributed by atoms with Crippen LogP contribution in [0.15, 0.2) is 0 Å². The number of hydrogen-bond donors (Lipinski definition) is 6. The number of aliphatic carboxylic acids is 1. The Labute approximate surface area is 207 Å². The van der Waals surface area contributed by atoms with Gasteiger partial charge in [0.15, 0.2) is 0 Å². The van der Waals surface area contributed by atoms with Gasteiger partial charge in [-0.2, -0.15) is 25.1 Å². The zero-order chi connectivity index (χ0) is 26.4. The maximum absolute atomic E-state index is 11.1. The number of nitrogens with zero attached hydrogens (tertiary/aromatic N) is 5. The van der Waals surface area contributed by atoms with Crippen molar-refractivity contribution in [2.45, 2.75) is 115 Å². The topological polar surface area (TPSA) is 159 Å². The van der Waals surface area contributed by atoms with E-state index >= 15 is 0 Å². The summed E-state index contributed by atoms with van der Waals surface area (Å²) in [7, 11) is 0. The van der Waals surface area contributed by atoms with Crippen molar-refractivity contribution in [2.24, 2.45) is 0 Å². The van der Waals surface area contributed by atoms with E-state index in [2.05, 4.69) is 30.9 Å². The molecule has 0 aliphatic carbocycles. The number of piperidine rings is 2. The molecule has 3 heterocycles. The van der Waals surface area contributed by atoms with Gasteiger partial charge in [0, 0.05) is 34.2 Å². The van der Waals surface area contributed by atoms with Crippen LogP contribution in [-0.2, 0) is 4.79 Å². The summed E-state index contributed by atoms with van der Waals surface area (Å²) >= 11 is 0. The quantitative estimate of drug-likeness (QED) is 0.329. The zero-order valence-corrected chi connectivity index (χ0v) is 22.2. The monoisotopic (exact) mass is 494 g/mol. The summed E-state index contributed by atoms with van der Waals surface area (Å²) in [6.07, 6.45) is 2.65. The van der Waals surface area contributed by atoms with Crippen LogP contribution in [-0.4, -0.2) is 87.4 Å². The highest BCUT2D eigenvalue weighted by molar-refractivity contribution is 5.72. The Morgan fingerprint density at radius 3 is 1.37 bits per heavy atom. The van der Waals surface area contributed by atoms with Crippen LogP contribution in [0.4, 0.5) is 17.8 Å². The highest BCUT2D eigenvalue weighted by Gasteiger charge is 2.46. The molecule has 2 fully saturated rings. The second kappa shape index (κ2) is 9.30. The first-order chi connectivity index (χ1) is 15.9. The molecule has 0 radical (unpaired) electrons. The highest BCUT2D eigenvalue weighted by atomic mass is 16.5. The number of aromatic nitrogens is 3. The Hall–Kier alpha value is -2.28. The van der Waals surface area contributed by atoms with Crippen molar-refractivity contribution >= 4 is 23.8 Å². The Balaban J connectivity index is 1.85. The van der Waals surface area contributed by atoms with E-state index in [9.17, 15) is 15.2 Å². The fourth-order valence-corrected chi connectivity index (χ4v) is 5.85. The molecular weight excluding hydrogens is 452 g/mol. The summed E-state index contributed by atoms with van der Waals surface area (Å²) in [5.41, 5.74) is -1.80. The standard InChI is InChI=1S/C23H42N8O4/c1-20(2)9-14(10-21(3,4)30(20)34)25-18-27-17(24-13-16(32)33)28-19(29-18)26-15-11-22(5,6)31(35)23(7,8)12-15/h14-15,34-35H,9-13H2,1-8H3,(H,32,33)(H3,24,25,26,27,28,29). The average Bonchev–Trinajstić information content (AvgIpc) is 2.67. The molecule has 198 valence electrons. The lowest BCUT2D eigenvalue weighted by Gasteiger charge is -2.51. The van der Waals surface area contributed by atoms with Crippen LogP contribution in [0.25, 0.3) is 0 Å². The number of carbonyl (C=O) groups is 1. The zero-order valence-electron chi connectivity index (χ0n) is 22.2. The van der Waals surface area contributed by atoms with Crippen LogP contribution in [0.1, 0.15) is 81.1 Å². The predicted molar refractivity (Wildman–Crippen MR) is 133 cm³/mol. The van der Waals surface area contributed by atoms with Gasteiger partial charge in [-0.1, -0.05) is 0 Å². The minimum atomic E-state index is -1.02. The van der Waals surface area contributed by atoms with Gasteiger partial charge < -0.3 is 31.5 Å². The van der Waals surface area contributed by atoms with Crippen molar-refractivity contribution in [3.05, 3.63) is 0 Å². The third-order valence-corrected chi connectivity index (χ3v) is 6.98. The normalized spacial score (nSPS) is 24.6. The van der Waals surface area contributed by atoms with Crippen molar-refractivity contribution in [3.63, 3.8) is 0 Å². The molecule has 6 N–H and O–H groups in total. The summed E-state index contributed by atoms with van der Waals surface area (Å²) < 4.78 is 0. The molecule has 1 aromatic rings. The van der Waals surface area contributed by atoms with Crippen LogP contribution in [0.5, 0.6) is 0 Å². The molecule has 0 aromatic carbocycles. The summed E-state index contributed by atoms with van der Waals surface area (Å²) in [6.45, 7) is 15.6. The van der Waals surface area contributed by atoms with Gasteiger partial charge in [0.1, 0.15) is 6.54 Å². The summed E-state index contributed by atoms with van der Waals surface area (Å²) in [5, 5.41) is 42.6. The molecule has 0 amide bonds. The summed E-state index contributed by atoms with van der Waals surface area (Å²) in [5.74, 6) is -0.205. The first kappa shape index (κ1) is 27.3. The Morgan fingerprint density at radius 1 is 0.743 bits per heavy atom. The van der Waals surface area contributed by atoms with Gasteiger partial charge in [0.25, 0.3) is 0 Å². The smallest absolute Gasteiger partial charge is 0.322 e. The average molecular weight is 495 g/mol. The lowest BCUT2D eigenvalue weighted by atomic mass is 9.79. The van der Waals surface area contributed by atoms with Crippen molar-refractivity contribution in [3.8, 4) is 0 Å². The minimum absolute atomic E-state index is 0.0125. The van der Waals surface area contributed by atoms with Gasteiger partial charge in [0.2, 0.25) is 17.8 Å². The number of hydrogen-bond acceptors (Lipinski definition) is 11. The molecule has 1 aromatic heterocycles. The Kier molecular flexibility index (Phi) is 7.26. The molecule has 3 rings (SSSR count). The molecule has 0 saturated carbocycles. The summed E-state index contributed by atoms with van der Waals surface area (Å²) in [4.78, 5) is 24.5. The molecule has 0 unspecified atom stereocenters. The van der Waals surface area contributed by atoms with E-state index in [0.717, 1.165) is 0 Å². The van der Waals surface area contributed by atoms with Gasteiger partial charge in [-0.25, -0.2) is 0 Å². The van der Waals surface area contributed by atoms with Crippen LogP contribution in [0, 0.1) is 0 Å². The molecule has 35 heavy (non-hydrogen) atoms. The lowest BCUT2D eigenvalue weighted by Crippen LogP contribution is -2.61. The molecule has 12 heteroatoms. The molecule has 12 nitrogen and oxygen atoms in total. The number of carboxylic acid groups (broad SMARTS) is 1. The SMILES string of the molecule is CC1(C)CC(Nc2nc(NCC(=O)O)nc(NC3CC(C)(C)N(O)C(C)(C)C3)n2)CC(C)(C)N1O. The minimum Gasteiger partial charge on any atom is -0.480 e. The van der Waals surface area contributed by atoms with E-state index in [1.165, 1.54) is 10.1 Å². The molecular formula is C23H42N8O4. The summed E-state index contributed by atoms with van der Waals surface area (Å²) in [6, 6.07) is -0.0251. The van der Waals surface area contributed by atoms with Crippen LogP contribution in [0.2, 0.25) is 0 Å². The third kappa shape index (κ3) is 6.29. The van der Waals surface area contributed by atoms with E-state index in [-0.39, 0.29) is 24.6 Å². The van der Waals surface area contributed by atoms with Crippen molar-refractivity contribution in [1.29, 1.82) is 0 Å². The number of nitrogens with one attached hydrogen (secondary N) is 3. The van der Waals surface area contributed by atoms with Gasteiger partial charge in [-0.15, -0.1) is 0 Å². The molecule has 0 spiro atoms. The first-order valence-corrected chi connectivity index (χ1v) is 12.1. The number of carboxylic acids is 1. The van der Waals surface area contributed by atoms with Crippen molar-refractivity contribution in [2.75, 3.05) is 22.5 Å². The number of anilines is 3. The fourth-order valence-electron chi connectivity index (χ4n) is 5.85. The van der Waals surface area contributed by atoms with Crippen molar-refractivity contribution < 1.29 is 20.3 Å². The molecule has 2 aliphatic heterocycles. The lowest BCUT2D eigenvalue weighted by molar-refractivity contribution is -0.243. The van der Waals surface area contributed by atoms with Crippen LogP contribution < -0.4 is 16.0 Å². The number of rotatable bonds is 7. The van der Waals surface area contributed by atoms with Crippen molar-refractivity contribution in [1.82, 2.24) is 25.1 Å². The second-order valence-electron chi connectivity index (χ2n) is 12.4. The van der Waals surface area contributed by atoms with E-state index < -0.39 is 28.1 Å². The largest absolute Gasteiger partial charge is 0.480 e. The maximum Gasteiger partial charge on any atom is 0.322 e. The van der Waals surface area contributed by atoms with Crippen LogP contribution in [0.3, 0.4) is 0 Å². The maximum atomic E-state index is 11.1. The third-order valence-electron chi connectivity index (χ3n) is 6.98. The van der Waals surface area contributed by atoms with Gasteiger partial charge >= 0.3 is 5.97 Å². The van der Waals surface area contributed by atoms with Gasteiger partial charge in [-0.05, 0) is 81.1 Å². The van der Waals surface area contributed by atoms with Gasteiger partial charge in [-0.3, -0.25) is 4.79 Å². The molecule has 2 saturated heterocycles. The first-order valence-electron chi connectivity index (χ1n) is 12.1.